The van der Waals surface area contributed by atoms with Crippen molar-refractivity contribution in [3.63, 3.8) is 0 Å². The molecule has 0 aromatic carbocycles. The summed E-state index contributed by atoms with van der Waals surface area (Å²) in [5.74, 6) is 2.10. The molecule has 12 heteroatoms. The number of aromatic nitrogens is 3. The Kier molecular flexibility index (Phi) is 4.26. The first-order valence-corrected chi connectivity index (χ1v) is 10.2. The van der Waals surface area contributed by atoms with Crippen LogP contribution < -0.4 is 17.1 Å². The summed E-state index contributed by atoms with van der Waals surface area (Å²) in [7, 11) is 0. The van der Waals surface area contributed by atoms with Gasteiger partial charge in [-0.3, -0.25) is 15.0 Å². The third-order valence-electron chi connectivity index (χ3n) is 3.43. The van der Waals surface area contributed by atoms with Gasteiger partial charge in [-0.25, -0.2) is 14.4 Å². The van der Waals surface area contributed by atoms with Gasteiger partial charge in [-0.05, 0) is 0 Å². The Morgan fingerprint density at radius 1 is 0.583 bits per heavy atom. The molecule has 0 saturated carbocycles. The molecule has 3 aliphatic heterocycles. The molecule has 1 aromatic rings. The summed E-state index contributed by atoms with van der Waals surface area (Å²) >= 11 is 3.97. The smallest absolute Gasteiger partial charge is 0.261 e. The topological polar surface area (TPSA) is 103 Å². The van der Waals surface area contributed by atoms with Crippen LogP contribution in [0.1, 0.15) is 0 Å². The highest BCUT2D eigenvalue weighted by molar-refractivity contribution is 8.14. The zero-order valence-electron chi connectivity index (χ0n) is 12.4. The van der Waals surface area contributed by atoms with Crippen LogP contribution in [0.25, 0.3) is 0 Å². The maximum atomic E-state index is 12.8. The predicted molar refractivity (Wildman–Crippen MR) is 99.7 cm³/mol. The molecule has 126 valence electrons. The minimum atomic E-state index is -0.717. The SMILES string of the molecule is O=c1n(C2=NCCS2)c(=O)n(C2=NCCS2)c(=O)n1C1=NCCS1. The molecule has 0 amide bonds. The highest BCUT2D eigenvalue weighted by Gasteiger charge is 2.27. The zero-order chi connectivity index (χ0) is 16.7. The molecule has 9 nitrogen and oxygen atoms in total. The van der Waals surface area contributed by atoms with Crippen molar-refractivity contribution in [1.82, 2.24) is 13.7 Å². The van der Waals surface area contributed by atoms with E-state index in [1.54, 1.807) is 0 Å². The Bertz CT molecular complexity index is 816. The largest absolute Gasteiger partial charge is 0.349 e. The summed E-state index contributed by atoms with van der Waals surface area (Å²) < 4.78 is 2.88. The van der Waals surface area contributed by atoms with Crippen molar-refractivity contribution < 1.29 is 0 Å². The van der Waals surface area contributed by atoms with E-state index < -0.39 is 17.1 Å². The van der Waals surface area contributed by atoms with E-state index in [1.807, 2.05) is 0 Å². The van der Waals surface area contributed by atoms with Crippen LogP contribution in [0.3, 0.4) is 0 Å². The van der Waals surface area contributed by atoms with Crippen LogP contribution in [0.15, 0.2) is 29.4 Å². The quantitative estimate of drug-likeness (QED) is 0.570. The predicted octanol–water partition coefficient (Wildman–Crippen LogP) is -0.976. The van der Waals surface area contributed by atoms with Gasteiger partial charge >= 0.3 is 17.1 Å². The fourth-order valence-corrected chi connectivity index (χ4v) is 4.91. The van der Waals surface area contributed by atoms with Crippen LogP contribution in [-0.2, 0) is 0 Å². The van der Waals surface area contributed by atoms with Crippen molar-refractivity contribution >= 4 is 50.8 Å². The van der Waals surface area contributed by atoms with Gasteiger partial charge < -0.3 is 0 Å². The Morgan fingerprint density at radius 3 is 1.08 bits per heavy atom. The molecule has 1 aromatic heterocycles. The second kappa shape index (κ2) is 6.41. The van der Waals surface area contributed by atoms with Gasteiger partial charge in [0.15, 0.2) is 15.5 Å². The van der Waals surface area contributed by atoms with Crippen LogP contribution in [0.2, 0.25) is 0 Å². The maximum absolute atomic E-state index is 12.8. The lowest BCUT2D eigenvalue weighted by Gasteiger charge is -2.12. The Labute approximate surface area is 148 Å². The first kappa shape index (κ1) is 16.0. The van der Waals surface area contributed by atoms with Crippen LogP contribution in [0, 0.1) is 0 Å². The molecule has 0 aliphatic carbocycles. The lowest BCUT2D eigenvalue weighted by Crippen LogP contribution is -2.58. The number of nitrogens with zero attached hydrogens (tertiary/aromatic N) is 6. The minimum Gasteiger partial charge on any atom is -0.261 e. The van der Waals surface area contributed by atoms with Crippen molar-refractivity contribution in [2.45, 2.75) is 0 Å². The highest BCUT2D eigenvalue weighted by atomic mass is 32.2. The Hall–Kier alpha value is -1.53. The van der Waals surface area contributed by atoms with Crippen molar-refractivity contribution in [2.24, 2.45) is 15.0 Å². The normalized spacial score (nSPS) is 20.2. The van der Waals surface area contributed by atoms with Gasteiger partial charge in [0.25, 0.3) is 0 Å². The average molecular weight is 384 g/mol. The fraction of sp³-hybridized carbons (Fsp3) is 0.500. The third-order valence-corrected chi connectivity index (χ3v) is 6.30. The van der Waals surface area contributed by atoms with E-state index in [0.29, 0.717) is 52.4 Å². The third kappa shape index (κ3) is 2.52. The Morgan fingerprint density at radius 2 is 0.875 bits per heavy atom. The minimum absolute atomic E-state index is 0.319. The highest BCUT2D eigenvalue weighted by Crippen LogP contribution is 2.14. The molecule has 0 saturated heterocycles. The van der Waals surface area contributed by atoms with Crippen LogP contribution >= 0.6 is 35.3 Å². The van der Waals surface area contributed by atoms with Gasteiger partial charge in [0, 0.05) is 17.3 Å². The first-order valence-electron chi connectivity index (χ1n) is 7.22. The van der Waals surface area contributed by atoms with Crippen LogP contribution in [-0.4, -0.2) is 66.1 Å². The van der Waals surface area contributed by atoms with Crippen molar-refractivity contribution in [3.8, 4) is 0 Å². The molecule has 4 rings (SSSR count). The second-order valence-electron chi connectivity index (χ2n) is 4.89. The van der Waals surface area contributed by atoms with Crippen LogP contribution in [0.4, 0.5) is 0 Å². The van der Waals surface area contributed by atoms with Crippen LogP contribution in [0.5, 0.6) is 0 Å². The summed E-state index contributed by atoms with van der Waals surface area (Å²) in [6, 6.07) is 0. The molecule has 0 fully saturated rings. The van der Waals surface area contributed by atoms with Crippen molar-refractivity contribution in [3.05, 3.63) is 31.5 Å². The molecule has 0 atom stereocenters. The van der Waals surface area contributed by atoms with E-state index in [0.717, 1.165) is 13.7 Å². The fourth-order valence-electron chi connectivity index (χ4n) is 2.41. The number of hydrogen-bond acceptors (Lipinski definition) is 9. The standard InChI is InChI=1S/C12H12N6O3S3/c19-10-16(7-13-1-4-22-7)11(20)18(9-15-3-6-24-9)12(21)17(10)8-14-2-5-23-8/h1-6H2. The molecule has 0 N–H and O–H groups in total. The van der Waals surface area contributed by atoms with Crippen molar-refractivity contribution in [1.29, 1.82) is 0 Å². The molecule has 24 heavy (non-hydrogen) atoms. The van der Waals surface area contributed by atoms with E-state index in [9.17, 15) is 14.4 Å². The zero-order valence-corrected chi connectivity index (χ0v) is 14.8. The second-order valence-corrected chi connectivity index (χ2v) is 8.08. The Balaban J connectivity index is 2.06. The van der Waals surface area contributed by atoms with E-state index in [4.69, 9.17) is 0 Å². The van der Waals surface area contributed by atoms with E-state index in [2.05, 4.69) is 15.0 Å². The van der Waals surface area contributed by atoms with Gasteiger partial charge in [0.05, 0.1) is 19.6 Å². The van der Waals surface area contributed by atoms with Gasteiger partial charge in [0.1, 0.15) is 0 Å². The molecule has 3 aliphatic rings. The molecule has 0 spiro atoms. The van der Waals surface area contributed by atoms with Gasteiger partial charge in [-0.1, -0.05) is 35.3 Å². The molecule has 0 unspecified atom stereocenters. The summed E-state index contributed by atoms with van der Waals surface area (Å²) in [4.78, 5) is 51.1. The van der Waals surface area contributed by atoms with E-state index in [-0.39, 0.29) is 0 Å². The number of aliphatic imine (C=N–C) groups is 3. The number of rotatable bonds is 0. The first-order chi connectivity index (χ1) is 11.7. The van der Waals surface area contributed by atoms with E-state index in [1.165, 1.54) is 35.3 Å². The molecule has 0 radical (unpaired) electrons. The lowest BCUT2D eigenvalue weighted by atomic mass is 10.7. The van der Waals surface area contributed by atoms with Crippen molar-refractivity contribution in [2.75, 3.05) is 36.9 Å². The van der Waals surface area contributed by atoms with Gasteiger partial charge in [0.2, 0.25) is 0 Å². The number of hydrogen-bond donors (Lipinski definition) is 0. The average Bonchev–Trinajstić information content (AvgIpc) is 3.31. The molecule has 0 bridgehead atoms. The van der Waals surface area contributed by atoms with E-state index >= 15 is 0 Å². The monoisotopic (exact) mass is 384 g/mol. The number of thioether (sulfide) groups is 3. The molecular weight excluding hydrogens is 372 g/mol. The summed E-state index contributed by atoms with van der Waals surface area (Å²) in [6.07, 6.45) is 0. The lowest BCUT2D eigenvalue weighted by molar-refractivity contribution is 0.724. The molecular formula is C12H12N6O3S3. The summed E-state index contributed by atoms with van der Waals surface area (Å²) in [5, 5.41) is 0.957. The maximum Gasteiger partial charge on any atom is 0.349 e. The summed E-state index contributed by atoms with van der Waals surface area (Å²) in [5.41, 5.74) is -2.15. The summed E-state index contributed by atoms with van der Waals surface area (Å²) in [6.45, 7) is 1.61. The van der Waals surface area contributed by atoms with Gasteiger partial charge in [-0.2, -0.15) is 13.7 Å². The van der Waals surface area contributed by atoms with Gasteiger partial charge in [-0.15, -0.1) is 0 Å². The molecule has 4 heterocycles.